The molecule has 0 spiro atoms. The van der Waals surface area contributed by atoms with Crippen LogP contribution in [-0.2, 0) is 9.59 Å². The van der Waals surface area contributed by atoms with Gasteiger partial charge in [-0.2, -0.15) is 0 Å². The highest BCUT2D eigenvalue weighted by Crippen LogP contribution is 2.14. The van der Waals surface area contributed by atoms with E-state index < -0.39 is 0 Å². The second-order valence-corrected chi connectivity index (χ2v) is 5.90. The normalized spacial score (nSPS) is 10.4. The van der Waals surface area contributed by atoms with Gasteiger partial charge < -0.3 is 15.5 Å². The van der Waals surface area contributed by atoms with Gasteiger partial charge in [0, 0.05) is 44.0 Å². The van der Waals surface area contributed by atoms with Crippen LogP contribution in [0, 0.1) is 0 Å². The molecule has 6 heteroatoms. The number of nitrogens with one attached hydrogen (secondary N) is 2. The molecule has 0 aliphatic heterocycles. The Morgan fingerprint density at radius 1 is 0.846 bits per heavy atom. The third-order valence-corrected chi connectivity index (χ3v) is 3.46. The SMILES string of the molecule is CC(=O)Nc1ccc(NC(=O)/C=C/c2ccc(C(=O)N(C)C)cc2)cc1. The van der Waals surface area contributed by atoms with Crippen molar-refractivity contribution in [2.75, 3.05) is 24.7 Å². The third-order valence-electron chi connectivity index (χ3n) is 3.46. The Hall–Kier alpha value is -3.41. The monoisotopic (exact) mass is 351 g/mol. The van der Waals surface area contributed by atoms with E-state index in [0.29, 0.717) is 16.9 Å². The molecule has 134 valence electrons. The molecule has 2 rings (SSSR count). The standard InChI is InChI=1S/C20H21N3O3/c1-14(24)21-17-9-11-18(12-10-17)22-19(25)13-6-15-4-7-16(8-5-15)20(26)23(2)3/h4-13H,1-3H3,(H,21,24)(H,22,25)/b13-6+. The van der Waals surface area contributed by atoms with Gasteiger partial charge in [-0.25, -0.2) is 0 Å². The van der Waals surface area contributed by atoms with Gasteiger partial charge in [0.1, 0.15) is 0 Å². The highest BCUT2D eigenvalue weighted by atomic mass is 16.2. The highest BCUT2D eigenvalue weighted by molar-refractivity contribution is 6.02. The number of carbonyl (C=O) groups is 3. The van der Waals surface area contributed by atoms with Crippen LogP contribution in [0.3, 0.4) is 0 Å². The number of hydrogen-bond donors (Lipinski definition) is 2. The molecular formula is C20H21N3O3. The minimum Gasteiger partial charge on any atom is -0.345 e. The van der Waals surface area contributed by atoms with Crippen molar-refractivity contribution in [1.29, 1.82) is 0 Å². The Bertz CT molecular complexity index is 822. The molecule has 2 N–H and O–H groups in total. The van der Waals surface area contributed by atoms with E-state index in [0.717, 1.165) is 5.56 Å². The van der Waals surface area contributed by atoms with Gasteiger partial charge in [0.25, 0.3) is 5.91 Å². The Labute approximate surface area is 152 Å². The van der Waals surface area contributed by atoms with Gasteiger partial charge in [-0.1, -0.05) is 12.1 Å². The number of amides is 3. The summed E-state index contributed by atoms with van der Waals surface area (Å²) in [4.78, 5) is 36.3. The summed E-state index contributed by atoms with van der Waals surface area (Å²) in [5.41, 5.74) is 2.70. The summed E-state index contributed by atoms with van der Waals surface area (Å²) >= 11 is 0. The summed E-state index contributed by atoms with van der Waals surface area (Å²) < 4.78 is 0. The van der Waals surface area contributed by atoms with E-state index >= 15 is 0 Å². The zero-order chi connectivity index (χ0) is 19.1. The Morgan fingerprint density at radius 2 is 1.38 bits per heavy atom. The number of carbonyl (C=O) groups excluding carboxylic acids is 3. The minimum absolute atomic E-state index is 0.0685. The van der Waals surface area contributed by atoms with E-state index in [9.17, 15) is 14.4 Å². The fraction of sp³-hybridized carbons (Fsp3) is 0.150. The van der Waals surface area contributed by atoms with E-state index in [1.54, 1.807) is 68.7 Å². The molecule has 0 aliphatic rings. The number of anilines is 2. The molecule has 3 amide bonds. The fourth-order valence-corrected chi connectivity index (χ4v) is 2.19. The highest BCUT2D eigenvalue weighted by Gasteiger charge is 2.06. The molecule has 2 aromatic rings. The minimum atomic E-state index is -0.272. The van der Waals surface area contributed by atoms with Crippen molar-refractivity contribution >= 4 is 35.2 Å². The number of benzene rings is 2. The summed E-state index contributed by atoms with van der Waals surface area (Å²) in [6, 6.07) is 13.8. The van der Waals surface area contributed by atoms with Gasteiger partial charge >= 0.3 is 0 Å². The third kappa shape index (κ3) is 5.59. The van der Waals surface area contributed by atoms with Gasteiger partial charge in [-0.05, 0) is 48.0 Å². The lowest BCUT2D eigenvalue weighted by atomic mass is 10.1. The number of rotatable bonds is 5. The Balaban J connectivity index is 1.94. The van der Waals surface area contributed by atoms with E-state index in [2.05, 4.69) is 10.6 Å². The van der Waals surface area contributed by atoms with Crippen molar-refractivity contribution in [2.45, 2.75) is 6.92 Å². The molecule has 6 nitrogen and oxygen atoms in total. The lowest BCUT2D eigenvalue weighted by molar-refractivity contribution is -0.114. The van der Waals surface area contributed by atoms with Crippen molar-refractivity contribution in [2.24, 2.45) is 0 Å². The molecule has 2 aromatic carbocycles. The molecule has 0 fully saturated rings. The average Bonchev–Trinajstić information content (AvgIpc) is 2.61. The molecular weight excluding hydrogens is 330 g/mol. The lowest BCUT2D eigenvalue weighted by Gasteiger charge is -2.09. The molecule has 0 saturated carbocycles. The van der Waals surface area contributed by atoms with Gasteiger partial charge in [0.2, 0.25) is 11.8 Å². The zero-order valence-electron chi connectivity index (χ0n) is 14.9. The zero-order valence-corrected chi connectivity index (χ0v) is 14.9. The van der Waals surface area contributed by atoms with Crippen LogP contribution in [0.25, 0.3) is 6.08 Å². The maximum Gasteiger partial charge on any atom is 0.253 e. The van der Waals surface area contributed by atoms with Crippen molar-refractivity contribution in [3.05, 3.63) is 65.7 Å². The van der Waals surface area contributed by atoms with Crippen LogP contribution >= 0.6 is 0 Å². The maximum absolute atomic E-state index is 12.0. The summed E-state index contributed by atoms with van der Waals surface area (Å²) in [7, 11) is 3.40. The van der Waals surface area contributed by atoms with Crippen LogP contribution in [-0.4, -0.2) is 36.7 Å². The van der Waals surface area contributed by atoms with Crippen molar-refractivity contribution in [3.8, 4) is 0 Å². The van der Waals surface area contributed by atoms with Gasteiger partial charge in [0.15, 0.2) is 0 Å². The lowest BCUT2D eigenvalue weighted by Crippen LogP contribution is -2.21. The summed E-state index contributed by atoms with van der Waals surface area (Å²) in [6.45, 7) is 1.43. The van der Waals surface area contributed by atoms with Crippen molar-refractivity contribution < 1.29 is 14.4 Å². The first-order valence-electron chi connectivity index (χ1n) is 8.03. The van der Waals surface area contributed by atoms with E-state index in [-0.39, 0.29) is 17.7 Å². The van der Waals surface area contributed by atoms with Crippen LogP contribution in [0.15, 0.2) is 54.6 Å². The summed E-state index contributed by atoms with van der Waals surface area (Å²) in [5.74, 6) is -0.491. The van der Waals surface area contributed by atoms with Gasteiger partial charge in [0.05, 0.1) is 0 Å². The second kappa shape index (κ2) is 8.62. The average molecular weight is 351 g/mol. The summed E-state index contributed by atoms with van der Waals surface area (Å²) in [6.07, 6.45) is 3.09. The molecule has 0 aliphatic carbocycles. The van der Waals surface area contributed by atoms with Crippen LogP contribution < -0.4 is 10.6 Å². The van der Waals surface area contributed by atoms with Crippen LogP contribution in [0.2, 0.25) is 0 Å². The summed E-state index contributed by atoms with van der Waals surface area (Å²) in [5, 5.41) is 5.40. The van der Waals surface area contributed by atoms with Crippen molar-refractivity contribution in [1.82, 2.24) is 4.90 Å². The topological polar surface area (TPSA) is 78.5 Å². The Morgan fingerprint density at radius 3 is 1.88 bits per heavy atom. The molecule has 0 heterocycles. The molecule has 0 atom stereocenters. The molecule has 0 bridgehead atoms. The smallest absolute Gasteiger partial charge is 0.253 e. The quantitative estimate of drug-likeness (QED) is 0.813. The van der Waals surface area contributed by atoms with E-state index in [1.165, 1.54) is 17.9 Å². The van der Waals surface area contributed by atoms with Crippen LogP contribution in [0.4, 0.5) is 11.4 Å². The van der Waals surface area contributed by atoms with Gasteiger partial charge in [-0.15, -0.1) is 0 Å². The van der Waals surface area contributed by atoms with E-state index in [1.807, 2.05) is 0 Å². The Kier molecular flexibility index (Phi) is 6.27. The van der Waals surface area contributed by atoms with Crippen LogP contribution in [0.5, 0.6) is 0 Å². The maximum atomic E-state index is 12.0. The number of nitrogens with zero attached hydrogens (tertiary/aromatic N) is 1. The fourth-order valence-electron chi connectivity index (χ4n) is 2.19. The first kappa shape index (κ1) is 18.9. The predicted octanol–water partition coefficient (Wildman–Crippen LogP) is 3.00. The van der Waals surface area contributed by atoms with Crippen LogP contribution in [0.1, 0.15) is 22.8 Å². The molecule has 0 unspecified atom stereocenters. The largest absolute Gasteiger partial charge is 0.345 e. The molecule has 0 radical (unpaired) electrons. The molecule has 0 aromatic heterocycles. The second-order valence-electron chi connectivity index (χ2n) is 5.90. The number of hydrogen-bond acceptors (Lipinski definition) is 3. The first-order valence-corrected chi connectivity index (χ1v) is 8.03. The molecule has 26 heavy (non-hydrogen) atoms. The molecule has 0 saturated heterocycles. The first-order chi connectivity index (χ1) is 12.3. The van der Waals surface area contributed by atoms with E-state index in [4.69, 9.17) is 0 Å². The van der Waals surface area contributed by atoms with Crippen molar-refractivity contribution in [3.63, 3.8) is 0 Å². The predicted molar refractivity (Wildman–Crippen MR) is 103 cm³/mol. The van der Waals surface area contributed by atoms with Gasteiger partial charge in [-0.3, -0.25) is 14.4 Å².